The zero-order chi connectivity index (χ0) is 22.2. The lowest BCUT2D eigenvalue weighted by Crippen LogP contribution is -2.36. The summed E-state index contributed by atoms with van der Waals surface area (Å²) in [6, 6.07) is 6.95. The van der Waals surface area contributed by atoms with Crippen LogP contribution in [0.5, 0.6) is 0 Å². The van der Waals surface area contributed by atoms with E-state index in [0.717, 1.165) is 24.3 Å². The van der Waals surface area contributed by atoms with Crippen LogP contribution in [0.15, 0.2) is 42.6 Å². The first-order chi connectivity index (χ1) is 14.6. The number of hydrogen-bond acceptors (Lipinski definition) is 5. The highest BCUT2D eigenvalue weighted by Gasteiger charge is 2.32. The zero-order valence-corrected chi connectivity index (χ0v) is 15.9. The van der Waals surface area contributed by atoms with Crippen molar-refractivity contribution in [1.29, 1.82) is 0 Å². The van der Waals surface area contributed by atoms with Gasteiger partial charge < -0.3 is 15.0 Å². The molecule has 0 unspecified atom stereocenters. The predicted octanol–water partition coefficient (Wildman–Crippen LogP) is 5.25. The molecule has 11 heteroatoms. The number of pyridine rings is 2. The molecule has 0 bridgehead atoms. The number of nitrogens with one attached hydrogen (secondary N) is 1. The van der Waals surface area contributed by atoms with Crippen molar-refractivity contribution >= 4 is 28.2 Å². The number of ether oxygens (including phenoxy) is 1. The van der Waals surface area contributed by atoms with Crippen LogP contribution in [0.25, 0.3) is 10.9 Å². The average molecular weight is 442 g/mol. The SMILES string of the molecule is FC(F)(F)c1ccc(Nc2cc(N3CCOCC3)c3ccc(C(F)(F)F)cc3n2)nc1. The first kappa shape index (κ1) is 21.2. The Bertz CT molecular complexity index is 1080. The molecule has 1 fully saturated rings. The highest BCUT2D eigenvalue weighted by atomic mass is 19.4. The normalized spacial score (nSPS) is 15.4. The molecule has 3 aromatic rings. The van der Waals surface area contributed by atoms with E-state index in [0.29, 0.717) is 43.6 Å². The fourth-order valence-corrected chi connectivity index (χ4v) is 3.28. The summed E-state index contributed by atoms with van der Waals surface area (Å²) in [7, 11) is 0. The van der Waals surface area contributed by atoms with Gasteiger partial charge in [0.25, 0.3) is 0 Å². The largest absolute Gasteiger partial charge is 0.417 e. The third kappa shape index (κ3) is 4.66. The Hall–Kier alpha value is -3.08. The van der Waals surface area contributed by atoms with E-state index in [1.165, 1.54) is 6.07 Å². The molecule has 0 amide bonds. The van der Waals surface area contributed by atoms with Gasteiger partial charge in [0.2, 0.25) is 0 Å². The van der Waals surface area contributed by atoms with Crippen LogP contribution in [0.1, 0.15) is 11.1 Å². The highest BCUT2D eigenvalue weighted by Crippen LogP contribution is 2.36. The van der Waals surface area contributed by atoms with Gasteiger partial charge in [-0.1, -0.05) is 6.07 Å². The van der Waals surface area contributed by atoms with Crippen molar-refractivity contribution in [2.45, 2.75) is 12.4 Å². The Labute approximate surface area is 172 Å². The average Bonchev–Trinajstić information content (AvgIpc) is 2.72. The van der Waals surface area contributed by atoms with Crippen LogP contribution in [0.4, 0.5) is 43.7 Å². The fraction of sp³-hybridized carbons (Fsp3) is 0.300. The first-order valence-corrected chi connectivity index (χ1v) is 9.26. The molecule has 1 aliphatic heterocycles. The number of hydrogen-bond donors (Lipinski definition) is 1. The molecule has 2 aromatic heterocycles. The number of anilines is 3. The van der Waals surface area contributed by atoms with Crippen molar-refractivity contribution in [2.75, 3.05) is 36.5 Å². The standard InChI is InChI=1S/C20H16F6N4O/c21-19(22,23)12-1-3-14-15(9-12)28-18(10-16(14)30-5-7-31-8-6-30)29-17-4-2-13(11-27-17)20(24,25)26/h1-4,9-11H,5-8H2,(H,27,28,29). The molecular weight excluding hydrogens is 426 g/mol. The summed E-state index contributed by atoms with van der Waals surface area (Å²) >= 11 is 0. The molecule has 1 aliphatic rings. The summed E-state index contributed by atoms with van der Waals surface area (Å²) in [5.74, 6) is 0.250. The first-order valence-electron chi connectivity index (χ1n) is 9.26. The minimum absolute atomic E-state index is 0.0831. The van der Waals surface area contributed by atoms with E-state index in [9.17, 15) is 26.3 Å². The molecule has 0 atom stereocenters. The minimum atomic E-state index is -4.53. The van der Waals surface area contributed by atoms with Gasteiger partial charge >= 0.3 is 12.4 Å². The maximum atomic E-state index is 13.2. The van der Waals surface area contributed by atoms with Crippen LogP contribution in [0.2, 0.25) is 0 Å². The highest BCUT2D eigenvalue weighted by molar-refractivity contribution is 5.94. The number of rotatable bonds is 3. The topological polar surface area (TPSA) is 50.3 Å². The Balaban J connectivity index is 1.75. The van der Waals surface area contributed by atoms with Crippen LogP contribution in [-0.2, 0) is 17.1 Å². The van der Waals surface area contributed by atoms with E-state index >= 15 is 0 Å². The molecule has 4 rings (SSSR count). The van der Waals surface area contributed by atoms with Crippen LogP contribution in [-0.4, -0.2) is 36.3 Å². The molecule has 5 nitrogen and oxygen atoms in total. The van der Waals surface area contributed by atoms with E-state index in [4.69, 9.17) is 4.74 Å². The number of nitrogens with zero attached hydrogens (tertiary/aromatic N) is 3. The molecule has 1 saturated heterocycles. The fourth-order valence-electron chi connectivity index (χ4n) is 3.28. The molecule has 0 radical (unpaired) electrons. The minimum Gasteiger partial charge on any atom is -0.378 e. The molecule has 0 saturated carbocycles. The van der Waals surface area contributed by atoms with E-state index < -0.39 is 23.5 Å². The molecule has 164 valence electrons. The molecular formula is C20H16F6N4O. The van der Waals surface area contributed by atoms with Gasteiger partial charge in [-0.25, -0.2) is 9.97 Å². The number of halogens is 6. The number of fused-ring (bicyclic) bond motifs is 1. The van der Waals surface area contributed by atoms with Crippen molar-refractivity contribution in [3.8, 4) is 0 Å². The lowest BCUT2D eigenvalue weighted by atomic mass is 10.1. The van der Waals surface area contributed by atoms with Crippen LogP contribution < -0.4 is 10.2 Å². The van der Waals surface area contributed by atoms with E-state index in [1.807, 2.05) is 4.90 Å². The molecule has 3 heterocycles. The smallest absolute Gasteiger partial charge is 0.378 e. The van der Waals surface area contributed by atoms with E-state index in [2.05, 4.69) is 15.3 Å². The van der Waals surface area contributed by atoms with Crippen molar-refractivity contribution in [1.82, 2.24) is 9.97 Å². The number of benzene rings is 1. The van der Waals surface area contributed by atoms with E-state index in [1.54, 1.807) is 6.07 Å². The summed E-state index contributed by atoms with van der Waals surface area (Å²) in [6.45, 7) is 2.01. The molecule has 1 aromatic carbocycles. The molecule has 1 N–H and O–H groups in total. The van der Waals surface area contributed by atoms with Gasteiger partial charge in [0.05, 0.1) is 29.9 Å². The number of morpholine rings is 1. The second-order valence-corrected chi connectivity index (χ2v) is 6.91. The van der Waals surface area contributed by atoms with E-state index in [-0.39, 0.29) is 17.2 Å². The Morgan fingerprint density at radius 3 is 2.13 bits per heavy atom. The van der Waals surface area contributed by atoms with Crippen molar-refractivity contribution in [2.24, 2.45) is 0 Å². The second-order valence-electron chi connectivity index (χ2n) is 6.91. The Morgan fingerprint density at radius 2 is 1.52 bits per heavy atom. The van der Waals surface area contributed by atoms with Gasteiger partial charge in [0.1, 0.15) is 11.6 Å². The molecule has 0 spiro atoms. The van der Waals surface area contributed by atoms with Gasteiger partial charge in [0.15, 0.2) is 0 Å². The molecule has 31 heavy (non-hydrogen) atoms. The van der Waals surface area contributed by atoms with Gasteiger partial charge in [-0.15, -0.1) is 0 Å². The third-order valence-corrected chi connectivity index (χ3v) is 4.81. The lowest BCUT2D eigenvalue weighted by molar-refractivity contribution is -0.138. The maximum Gasteiger partial charge on any atom is 0.417 e. The quantitative estimate of drug-likeness (QED) is 0.562. The Morgan fingerprint density at radius 1 is 0.839 bits per heavy atom. The van der Waals surface area contributed by atoms with Gasteiger partial charge in [0, 0.05) is 36.4 Å². The van der Waals surface area contributed by atoms with Crippen LogP contribution in [0, 0.1) is 0 Å². The number of alkyl halides is 6. The molecule has 0 aliphatic carbocycles. The monoisotopic (exact) mass is 442 g/mol. The predicted molar refractivity (Wildman–Crippen MR) is 102 cm³/mol. The second kappa shape index (κ2) is 7.88. The van der Waals surface area contributed by atoms with Gasteiger partial charge in [-0.05, 0) is 24.3 Å². The van der Waals surface area contributed by atoms with Crippen molar-refractivity contribution < 1.29 is 31.1 Å². The van der Waals surface area contributed by atoms with Gasteiger partial charge in [-0.3, -0.25) is 0 Å². The summed E-state index contributed by atoms with van der Waals surface area (Å²) in [5, 5.41) is 3.31. The van der Waals surface area contributed by atoms with Crippen LogP contribution in [0.3, 0.4) is 0 Å². The van der Waals surface area contributed by atoms with Crippen molar-refractivity contribution in [3.63, 3.8) is 0 Å². The summed E-state index contributed by atoms with van der Waals surface area (Å²) in [6.07, 6.45) is -8.38. The zero-order valence-electron chi connectivity index (χ0n) is 15.9. The van der Waals surface area contributed by atoms with Crippen molar-refractivity contribution in [3.05, 3.63) is 53.7 Å². The summed E-state index contributed by atoms with van der Waals surface area (Å²) in [4.78, 5) is 9.94. The maximum absolute atomic E-state index is 13.2. The lowest BCUT2D eigenvalue weighted by Gasteiger charge is -2.30. The Kier molecular flexibility index (Phi) is 5.38. The summed E-state index contributed by atoms with van der Waals surface area (Å²) < 4.78 is 83.1. The van der Waals surface area contributed by atoms with Crippen LogP contribution >= 0.6 is 0 Å². The third-order valence-electron chi connectivity index (χ3n) is 4.81. The number of aromatic nitrogens is 2. The summed E-state index contributed by atoms with van der Waals surface area (Å²) in [5.41, 5.74) is -0.997. The van der Waals surface area contributed by atoms with Gasteiger partial charge in [-0.2, -0.15) is 26.3 Å².